The molecular formula is C20H25F2NO4S. The number of halogens is 2. The van der Waals surface area contributed by atoms with Crippen molar-refractivity contribution in [2.45, 2.75) is 43.4 Å². The molecule has 0 amide bonds. The third-order valence-corrected chi connectivity index (χ3v) is 7.41. The fourth-order valence-electron chi connectivity index (χ4n) is 4.62. The minimum atomic E-state index is -3.91. The summed E-state index contributed by atoms with van der Waals surface area (Å²) in [6.45, 7) is 0.257. The SMILES string of the molecule is O=C(O)CCC/C=C\[C@H]1[C@H]2CC[C@H](C2)[C@@H]1CNS(=O)(=O)c1ccc(F)c(F)c1. The molecule has 2 saturated carbocycles. The van der Waals surface area contributed by atoms with Crippen molar-refractivity contribution in [1.82, 2.24) is 4.72 Å². The van der Waals surface area contributed by atoms with E-state index >= 15 is 0 Å². The van der Waals surface area contributed by atoms with E-state index in [1.54, 1.807) is 0 Å². The Kier molecular flexibility index (Phi) is 6.50. The van der Waals surface area contributed by atoms with Crippen molar-refractivity contribution < 1.29 is 27.1 Å². The fraction of sp³-hybridized carbons (Fsp3) is 0.550. The summed E-state index contributed by atoms with van der Waals surface area (Å²) in [6, 6.07) is 2.56. The van der Waals surface area contributed by atoms with Crippen LogP contribution >= 0.6 is 0 Å². The molecule has 2 N–H and O–H groups in total. The van der Waals surface area contributed by atoms with E-state index in [0.29, 0.717) is 30.7 Å². The van der Waals surface area contributed by atoms with Crippen LogP contribution in [-0.2, 0) is 14.8 Å². The van der Waals surface area contributed by atoms with Crippen LogP contribution in [0.3, 0.4) is 0 Å². The van der Waals surface area contributed by atoms with Gasteiger partial charge in [-0.2, -0.15) is 0 Å². The number of nitrogens with one attached hydrogen (secondary N) is 1. The van der Waals surface area contributed by atoms with Crippen LogP contribution in [0.2, 0.25) is 0 Å². The molecule has 0 aromatic heterocycles. The number of hydrogen-bond donors (Lipinski definition) is 2. The van der Waals surface area contributed by atoms with Gasteiger partial charge in [-0.15, -0.1) is 0 Å². The molecule has 0 spiro atoms. The lowest BCUT2D eigenvalue weighted by Crippen LogP contribution is -2.35. The standard InChI is InChI=1S/C20H25F2NO4S/c21-18-9-8-15(11-19(18)22)28(26,27)23-12-17-14-7-6-13(10-14)16(17)4-2-1-3-5-20(24)25/h2,4,8-9,11,13-14,16-17,23H,1,3,5-7,10,12H2,(H,24,25)/b4-2-/t13-,14+,16-,17-/m0/s1. The van der Waals surface area contributed by atoms with E-state index in [4.69, 9.17) is 5.11 Å². The molecule has 8 heteroatoms. The van der Waals surface area contributed by atoms with Crippen LogP contribution in [0, 0.1) is 35.3 Å². The normalized spacial score (nSPS) is 26.9. The molecule has 0 radical (unpaired) electrons. The summed E-state index contributed by atoms with van der Waals surface area (Å²) >= 11 is 0. The molecule has 2 fully saturated rings. The summed E-state index contributed by atoms with van der Waals surface area (Å²) in [7, 11) is -3.91. The summed E-state index contributed by atoms with van der Waals surface area (Å²) < 4.78 is 53.9. The second kappa shape index (κ2) is 8.69. The Morgan fingerprint density at radius 3 is 2.68 bits per heavy atom. The lowest BCUT2D eigenvalue weighted by Gasteiger charge is -2.29. The van der Waals surface area contributed by atoms with Crippen LogP contribution in [0.1, 0.15) is 38.5 Å². The summed E-state index contributed by atoms with van der Waals surface area (Å²) in [6.07, 6.45) is 8.80. The van der Waals surface area contributed by atoms with E-state index in [1.165, 1.54) is 0 Å². The van der Waals surface area contributed by atoms with Crippen molar-refractivity contribution in [3.05, 3.63) is 42.0 Å². The van der Waals surface area contributed by atoms with Crippen molar-refractivity contribution in [3.8, 4) is 0 Å². The lowest BCUT2D eigenvalue weighted by atomic mass is 9.79. The van der Waals surface area contributed by atoms with Crippen molar-refractivity contribution >= 4 is 16.0 Å². The number of hydrogen-bond acceptors (Lipinski definition) is 3. The number of allylic oxidation sites excluding steroid dienone is 2. The molecule has 0 unspecified atom stereocenters. The maximum absolute atomic E-state index is 13.4. The Balaban J connectivity index is 1.62. The Bertz CT molecular complexity index is 856. The third-order valence-electron chi connectivity index (χ3n) is 5.99. The first-order chi connectivity index (χ1) is 13.3. The second-order valence-corrected chi connectivity index (χ2v) is 9.48. The fourth-order valence-corrected chi connectivity index (χ4v) is 5.70. The van der Waals surface area contributed by atoms with Crippen LogP contribution in [0.5, 0.6) is 0 Å². The molecule has 0 saturated heterocycles. The zero-order chi connectivity index (χ0) is 20.3. The first-order valence-corrected chi connectivity index (χ1v) is 11.1. The topological polar surface area (TPSA) is 83.5 Å². The van der Waals surface area contributed by atoms with Gasteiger partial charge >= 0.3 is 5.97 Å². The highest BCUT2D eigenvalue weighted by molar-refractivity contribution is 7.89. The maximum atomic E-state index is 13.4. The first kappa shape index (κ1) is 20.9. The van der Waals surface area contributed by atoms with Gasteiger partial charge in [0.25, 0.3) is 0 Å². The van der Waals surface area contributed by atoms with Crippen molar-refractivity contribution in [2.75, 3.05) is 6.54 Å². The third kappa shape index (κ3) is 4.78. The number of fused-ring (bicyclic) bond motifs is 2. The quantitative estimate of drug-likeness (QED) is 0.477. The monoisotopic (exact) mass is 413 g/mol. The van der Waals surface area contributed by atoms with Gasteiger partial charge in [-0.3, -0.25) is 4.79 Å². The first-order valence-electron chi connectivity index (χ1n) is 9.61. The number of sulfonamides is 1. The molecule has 154 valence electrons. The highest BCUT2D eigenvalue weighted by atomic mass is 32.2. The Hall–Kier alpha value is -1.80. The molecular weight excluding hydrogens is 388 g/mol. The van der Waals surface area contributed by atoms with Crippen LogP contribution in [0.4, 0.5) is 8.78 Å². The van der Waals surface area contributed by atoms with Gasteiger partial charge in [0.1, 0.15) is 0 Å². The molecule has 2 aliphatic rings. The van der Waals surface area contributed by atoms with Gasteiger partial charge in [-0.05, 0) is 74.0 Å². The molecule has 3 rings (SSSR count). The molecule has 4 atom stereocenters. The number of rotatable bonds is 9. The van der Waals surface area contributed by atoms with E-state index in [9.17, 15) is 22.0 Å². The lowest BCUT2D eigenvalue weighted by molar-refractivity contribution is -0.137. The Morgan fingerprint density at radius 2 is 1.96 bits per heavy atom. The van der Waals surface area contributed by atoms with Gasteiger partial charge in [0.2, 0.25) is 10.0 Å². The van der Waals surface area contributed by atoms with Gasteiger partial charge in [0, 0.05) is 13.0 Å². The molecule has 2 bridgehead atoms. The predicted octanol–water partition coefficient (Wildman–Crippen LogP) is 3.72. The second-order valence-electron chi connectivity index (χ2n) is 7.72. The van der Waals surface area contributed by atoms with Gasteiger partial charge in [-0.1, -0.05) is 12.2 Å². The number of carboxylic acid groups (broad SMARTS) is 1. The average molecular weight is 413 g/mol. The maximum Gasteiger partial charge on any atom is 0.303 e. The minimum Gasteiger partial charge on any atom is -0.481 e. The number of unbranched alkanes of at least 4 members (excludes halogenated alkanes) is 1. The van der Waals surface area contributed by atoms with E-state index in [2.05, 4.69) is 10.8 Å². The van der Waals surface area contributed by atoms with Crippen LogP contribution in [-0.4, -0.2) is 26.0 Å². The van der Waals surface area contributed by atoms with E-state index in [1.807, 2.05) is 6.08 Å². The zero-order valence-electron chi connectivity index (χ0n) is 15.5. The largest absolute Gasteiger partial charge is 0.481 e. The molecule has 1 aromatic rings. The van der Waals surface area contributed by atoms with Gasteiger partial charge in [-0.25, -0.2) is 21.9 Å². The molecule has 28 heavy (non-hydrogen) atoms. The highest BCUT2D eigenvalue weighted by Crippen LogP contribution is 2.52. The smallest absolute Gasteiger partial charge is 0.303 e. The molecule has 1 aromatic carbocycles. The van der Waals surface area contributed by atoms with Crippen molar-refractivity contribution in [1.29, 1.82) is 0 Å². The molecule has 2 aliphatic carbocycles. The van der Waals surface area contributed by atoms with E-state index in [-0.39, 0.29) is 29.7 Å². The van der Waals surface area contributed by atoms with Crippen LogP contribution in [0.15, 0.2) is 35.2 Å². The predicted molar refractivity (Wildman–Crippen MR) is 100.0 cm³/mol. The summed E-state index contributed by atoms with van der Waals surface area (Å²) in [5.41, 5.74) is 0. The average Bonchev–Trinajstić information content (AvgIpc) is 3.23. The van der Waals surface area contributed by atoms with Crippen molar-refractivity contribution in [3.63, 3.8) is 0 Å². The number of carbonyl (C=O) groups is 1. The zero-order valence-corrected chi connectivity index (χ0v) is 16.3. The minimum absolute atomic E-state index is 0.137. The van der Waals surface area contributed by atoms with Gasteiger partial charge in [0.15, 0.2) is 11.6 Å². The summed E-state index contributed by atoms with van der Waals surface area (Å²) in [5.74, 6) is -1.68. The van der Waals surface area contributed by atoms with Crippen LogP contribution in [0.25, 0.3) is 0 Å². The molecule has 0 heterocycles. The summed E-state index contributed by atoms with van der Waals surface area (Å²) in [5, 5.41) is 8.69. The van der Waals surface area contributed by atoms with Gasteiger partial charge in [0.05, 0.1) is 4.90 Å². The Labute approximate surface area is 163 Å². The molecule has 5 nitrogen and oxygen atoms in total. The van der Waals surface area contributed by atoms with E-state index in [0.717, 1.165) is 31.4 Å². The summed E-state index contributed by atoms with van der Waals surface area (Å²) in [4.78, 5) is 10.3. The van der Waals surface area contributed by atoms with Crippen molar-refractivity contribution in [2.24, 2.45) is 23.7 Å². The Morgan fingerprint density at radius 1 is 1.21 bits per heavy atom. The number of benzene rings is 1. The number of carboxylic acids is 1. The highest BCUT2D eigenvalue weighted by Gasteiger charge is 2.46. The van der Waals surface area contributed by atoms with Gasteiger partial charge < -0.3 is 5.11 Å². The number of aliphatic carboxylic acids is 1. The van der Waals surface area contributed by atoms with E-state index < -0.39 is 27.6 Å². The van der Waals surface area contributed by atoms with Crippen LogP contribution < -0.4 is 4.72 Å². The molecule has 0 aliphatic heterocycles.